The fraction of sp³-hybridized carbons (Fsp3) is 0.261. The largest absolute Gasteiger partial charge is 0.496 e. The highest BCUT2D eigenvalue weighted by atomic mass is 16.5. The Labute approximate surface area is 177 Å². The molecule has 0 fully saturated rings. The van der Waals surface area contributed by atoms with Gasteiger partial charge in [-0.15, -0.1) is 0 Å². The van der Waals surface area contributed by atoms with Crippen LogP contribution in [0.1, 0.15) is 45.2 Å². The molecule has 0 spiro atoms. The summed E-state index contributed by atoms with van der Waals surface area (Å²) in [6.07, 6.45) is 2.45. The van der Waals surface area contributed by atoms with Gasteiger partial charge in [0.25, 0.3) is 11.5 Å². The van der Waals surface area contributed by atoms with Crippen molar-refractivity contribution in [3.05, 3.63) is 75.0 Å². The summed E-state index contributed by atoms with van der Waals surface area (Å²) >= 11 is 0. The average molecular weight is 415 g/mol. The summed E-state index contributed by atoms with van der Waals surface area (Å²) < 4.78 is 6.81. The van der Waals surface area contributed by atoms with Gasteiger partial charge in [0.05, 0.1) is 12.5 Å². The number of H-pyrrole nitrogens is 1. The zero-order valence-corrected chi connectivity index (χ0v) is 17.5. The lowest BCUT2D eigenvalue weighted by Gasteiger charge is -2.25. The molecule has 8 heteroatoms. The van der Waals surface area contributed by atoms with Gasteiger partial charge in [-0.05, 0) is 49.4 Å². The summed E-state index contributed by atoms with van der Waals surface area (Å²) in [5, 5.41) is 3.42. The second-order valence-corrected chi connectivity index (χ2v) is 7.85. The highest BCUT2D eigenvalue weighted by molar-refractivity contribution is 6.02. The molecular weight excluding hydrogens is 394 g/mol. The molecule has 4 aromatic rings. The molecule has 1 N–H and O–H groups in total. The highest BCUT2D eigenvalue weighted by Gasteiger charge is 2.31. The number of ketones is 1. The second-order valence-electron chi connectivity index (χ2n) is 7.85. The van der Waals surface area contributed by atoms with E-state index in [-0.39, 0.29) is 23.2 Å². The van der Waals surface area contributed by atoms with E-state index >= 15 is 0 Å². The SMILES string of the molecule is COc1ccccc1[C@@H]1CC(=O)c2cnc3[nH]n(-c4nc(C)cc(C)n4)c(=O)c3c2C1. The summed E-state index contributed by atoms with van der Waals surface area (Å²) in [6.45, 7) is 3.70. The maximum absolute atomic E-state index is 13.4. The highest BCUT2D eigenvalue weighted by Crippen LogP contribution is 2.38. The lowest BCUT2D eigenvalue weighted by Crippen LogP contribution is -2.23. The van der Waals surface area contributed by atoms with Crippen molar-refractivity contribution in [1.82, 2.24) is 24.7 Å². The van der Waals surface area contributed by atoms with Gasteiger partial charge in [0.1, 0.15) is 5.75 Å². The van der Waals surface area contributed by atoms with E-state index in [2.05, 4.69) is 20.1 Å². The Bertz CT molecular complexity index is 1380. The van der Waals surface area contributed by atoms with Gasteiger partial charge in [-0.2, -0.15) is 4.68 Å². The van der Waals surface area contributed by atoms with E-state index in [1.807, 2.05) is 44.2 Å². The molecule has 0 amide bonds. The molecule has 1 aliphatic rings. The molecule has 0 radical (unpaired) electrons. The minimum absolute atomic E-state index is 0.0265. The van der Waals surface area contributed by atoms with Crippen LogP contribution in [0.2, 0.25) is 0 Å². The number of aromatic nitrogens is 5. The molecule has 0 unspecified atom stereocenters. The Kier molecular flexibility index (Phi) is 4.43. The normalized spacial score (nSPS) is 15.8. The van der Waals surface area contributed by atoms with E-state index < -0.39 is 0 Å². The Morgan fingerprint density at radius 1 is 1.10 bits per heavy atom. The summed E-state index contributed by atoms with van der Waals surface area (Å²) in [7, 11) is 1.62. The summed E-state index contributed by atoms with van der Waals surface area (Å²) in [6, 6.07) is 9.53. The summed E-state index contributed by atoms with van der Waals surface area (Å²) in [5.74, 6) is 0.894. The van der Waals surface area contributed by atoms with Crippen LogP contribution < -0.4 is 10.3 Å². The first-order valence-electron chi connectivity index (χ1n) is 10.1. The van der Waals surface area contributed by atoms with E-state index in [9.17, 15) is 9.59 Å². The monoisotopic (exact) mass is 415 g/mol. The number of ether oxygens (including phenoxy) is 1. The first kappa shape index (κ1) is 19.2. The van der Waals surface area contributed by atoms with Crippen molar-refractivity contribution in [2.75, 3.05) is 7.11 Å². The fourth-order valence-electron chi connectivity index (χ4n) is 4.41. The van der Waals surface area contributed by atoms with Crippen molar-refractivity contribution in [3.8, 4) is 11.7 Å². The van der Waals surface area contributed by atoms with Gasteiger partial charge in [-0.1, -0.05) is 18.2 Å². The molecule has 0 aliphatic heterocycles. The van der Waals surface area contributed by atoms with Crippen LogP contribution in [0.15, 0.2) is 41.3 Å². The first-order valence-corrected chi connectivity index (χ1v) is 10.1. The number of methoxy groups -OCH3 is 1. The van der Waals surface area contributed by atoms with E-state index in [4.69, 9.17) is 4.74 Å². The second kappa shape index (κ2) is 7.16. The number of pyridine rings is 1. The number of fused-ring (bicyclic) bond motifs is 3. The van der Waals surface area contributed by atoms with Crippen molar-refractivity contribution in [2.24, 2.45) is 0 Å². The quantitative estimate of drug-likeness (QED) is 0.552. The molecular formula is C23H21N5O3. The van der Waals surface area contributed by atoms with E-state index in [1.165, 1.54) is 4.68 Å². The van der Waals surface area contributed by atoms with Crippen molar-refractivity contribution < 1.29 is 9.53 Å². The number of carbonyl (C=O) groups is 1. The van der Waals surface area contributed by atoms with Crippen LogP contribution in [-0.4, -0.2) is 37.6 Å². The molecule has 1 atom stereocenters. The van der Waals surface area contributed by atoms with Crippen LogP contribution in [0.5, 0.6) is 5.75 Å². The van der Waals surface area contributed by atoms with Gasteiger partial charge in [-0.3, -0.25) is 14.7 Å². The van der Waals surface area contributed by atoms with Crippen LogP contribution in [0.25, 0.3) is 17.0 Å². The number of aromatic amines is 1. The number of hydrogen-bond acceptors (Lipinski definition) is 6. The van der Waals surface area contributed by atoms with Crippen molar-refractivity contribution in [1.29, 1.82) is 0 Å². The molecule has 31 heavy (non-hydrogen) atoms. The molecule has 5 rings (SSSR count). The van der Waals surface area contributed by atoms with Crippen molar-refractivity contribution in [3.63, 3.8) is 0 Å². The maximum Gasteiger partial charge on any atom is 0.283 e. The lowest BCUT2D eigenvalue weighted by atomic mass is 9.79. The molecule has 156 valence electrons. The third kappa shape index (κ3) is 3.11. The third-order valence-electron chi connectivity index (χ3n) is 5.75. The number of hydrogen-bond donors (Lipinski definition) is 1. The third-order valence-corrected chi connectivity index (χ3v) is 5.75. The number of carbonyl (C=O) groups excluding carboxylic acids is 1. The standard InChI is InChI=1S/C23H21N5O3/c1-12-8-13(2)26-23(25-12)28-22(30)20-16-9-14(15-6-4-5-7-19(15)31-3)10-18(29)17(16)11-24-21(20)27-28/h4-8,11,14H,9-10H2,1-3H3,(H,24,27)/t14-/m0/s1. The van der Waals surface area contributed by atoms with Gasteiger partial charge in [0, 0.05) is 29.6 Å². The Balaban J connectivity index is 1.68. The number of para-hydroxylation sites is 1. The van der Waals surface area contributed by atoms with Crippen LogP contribution in [0.4, 0.5) is 0 Å². The topological polar surface area (TPSA) is 103 Å². The minimum Gasteiger partial charge on any atom is -0.496 e. The number of benzene rings is 1. The molecule has 1 aliphatic carbocycles. The van der Waals surface area contributed by atoms with Crippen LogP contribution in [0, 0.1) is 13.8 Å². The zero-order chi connectivity index (χ0) is 21.7. The Hall–Kier alpha value is -3.81. The zero-order valence-electron chi connectivity index (χ0n) is 17.5. The first-order chi connectivity index (χ1) is 15.0. The molecule has 1 aromatic carbocycles. The molecule has 3 heterocycles. The van der Waals surface area contributed by atoms with Crippen molar-refractivity contribution in [2.45, 2.75) is 32.6 Å². The van der Waals surface area contributed by atoms with Gasteiger partial charge >= 0.3 is 0 Å². The molecule has 3 aromatic heterocycles. The molecule has 8 nitrogen and oxygen atoms in total. The smallest absolute Gasteiger partial charge is 0.283 e. The van der Waals surface area contributed by atoms with Crippen molar-refractivity contribution >= 4 is 16.8 Å². The van der Waals surface area contributed by atoms with Crippen LogP contribution in [-0.2, 0) is 6.42 Å². The van der Waals surface area contributed by atoms with Crippen LogP contribution in [0.3, 0.4) is 0 Å². The molecule has 0 saturated heterocycles. The number of nitrogens with zero attached hydrogens (tertiary/aromatic N) is 4. The fourth-order valence-corrected chi connectivity index (χ4v) is 4.41. The van der Waals surface area contributed by atoms with E-state index in [1.54, 1.807) is 13.3 Å². The maximum atomic E-state index is 13.4. The van der Waals surface area contributed by atoms with Gasteiger partial charge in [-0.25, -0.2) is 15.0 Å². The summed E-state index contributed by atoms with van der Waals surface area (Å²) in [5.41, 5.74) is 3.80. The molecule has 0 saturated carbocycles. The Morgan fingerprint density at radius 2 is 1.84 bits per heavy atom. The number of rotatable bonds is 3. The van der Waals surface area contributed by atoms with E-state index in [0.717, 1.165) is 22.7 Å². The predicted octanol–water partition coefficient (Wildman–Crippen LogP) is 3.04. The van der Waals surface area contributed by atoms with Crippen LogP contribution >= 0.6 is 0 Å². The number of aryl methyl sites for hydroxylation is 2. The number of nitrogens with one attached hydrogen (secondary N) is 1. The van der Waals surface area contributed by atoms with E-state index in [0.29, 0.717) is 35.0 Å². The van der Waals surface area contributed by atoms with Gasteiger partial charge in [0.15, 0.2) is 11.4 Å². The average Bonchev–Trinajstić information content (AvgIpc) is 3.10. The Morgan fingerprint density at radius 3 is 2.58 bits per heavy atom. The molecule has 0 bridgehead atoms. The van der Waals surface area contributed by atoms with Gasteiger partial charge in [0.2, 0.25) is 0 Å². The minimum atomic E-state index is -0.308. The summed E-state index contributed by atoms with van der Waals surface area (Å²) in [4.78, 5) is 39.5. The predicted molar refractivity (Wildman–Crippen MR) is 115 cm³/mol. The number of Topliss-reactive ketones (excluding diaryl/α,β-unsaturated/α-hetero) is 1. The van der Waals surface area contributed by atoms with Gasteiger partial charge < -0.3 is 4.74 Å². The lowest BCUT2D eigenvalue weighted by molar-refractivity contribution is 0.0964.